The molecule has 2 atom stereocenters. The summed E-state index contributed by atoms with van der Waals surface area (Å²) in [6.45, 7) is 11.2. The van der Waals surface area contributed by atoms with Crippen LogP contribution in [0.1, 0.15) is 71.5 Å². The highest BCUT2D eigenvalue weighted by Crippen LogP contribution is 2.49. The summed E-state index contributed by atoms with van der Waals surface area (Å²) in [6.07, 6.45) is 7.95. The van der Waals surface area contributed by atoms with Gasteiger partial charge in [-0.05, 0) is 43.6 Å². The predicted octanol–water partition coefficient (Wildman–Crippen LogP) is 4.81. The molecule has 21 heavy (non-hydrogen) atoms. The minimum atomic E-state index is 0.323. The lowest BCUT2D eigenvalue weighted by atomic mass is 9.76. The first-order chi connectivity index (χ1) is 10.0. The van der Waals surface area contributed by atoms with E-state index >= 15 is 0 Å². The molecule has 120 valence electrons. The van der Waals surface area contributed by atoms with Gasteiger partial charge in [0.25, 0.3) is 0 Å². The Bertz CT molecular complexity index is 453. The molecule has 1 fully saturated rings. The number of hydrogen-bond donors (Lipinski definition) is 1. The van der Waals surface area contributed by atoms with Crippen LogP contribution < -0.4 is 5.32 Å². The van der Waals surface area contributed by atoms with Crippen LogP contribution in [0.25, 0.3) is 0 Å². The number of hydrogen-bond acceptors (Lipinski definition) is 2. The zero-order valence-electron chi connectivity index (χ0n) is 14.0. The summed E-state index contributed by atoms with van der Waals surface area (Å²) in [5.74, 6) is 0.633. The molecule has 0 bridgehead atoms. The molecule has 1 N–H and O–H groups in total. The fourth-order valence-electron chi connectivity index (χ4n) is 3.77. The third-order valence-corrected chi connectivity index (χ3v) is 5.21. The topological polar surface area (TPSA) is 29.9 Å². The Morgan fingerprint density at radius 2 is 2.19 bits per heavy atom. The monoisotopic (exact) mass is 311 g/mol. The minimum absolute atomic E-state index is 0.323. The van der Waals surface area contributed by atoms with Gasteiger partial charge in [-0.15, -0.1) is 0 Å². The van der Waals surface area contributed by atoms with Crippen LogP contribution in [-0.2, 0) is 6.54 Å². The van der Waals surface area contributed by atoms with Crippen molar-refractivity contribution in [3.05, 3.63) is 16.9 Å². The number of rotatable bonds is 7. The van der Waals surface area contributed by atoms with Crippen molar-refractivity contribution < 1.29 is 0 Å². The van der Waals surface area contributed by atoms with E-state index in [0.717, 1.165) is 31.0 Å². The van der Waals surface area contributed by atoms with E-state index in [0.29, 0.717) is 17.4 Å². The molecule has 1 aromatic rings. The summed E-state index contributed by atoms with van der Waals surface area (Å²) in [7, 11) is 0. The number of aromatic nitrogens is 2. The second-order valence-corrected chi connectivity index (χ2v) is 7.43. The molecule has 4 heteroatoms. The van der Waals surface area contributed by atoms with Gasteiger partial charge in [0.05, 0.1) is 23.0 Å². The molecule has 1 aromatic heterocycles. The van der Waals surface area contributed by atoms with E-state index in [1.54, 1.807) is 0 Å². The number of aryl methyl sites for hydroxylation is 1. The van der Waals surface area contributed by atoms with Crippen molar-refractivity contribution in [2.24, 2.45) is 11.3 Å². The van der Waals surface area contributed by atoms with Gasteiger partial charge < -0.3 is 5.32 Å². The average molecular weight is 312 g/mol. The predicted molar refractivity (Wildman–Crippen MR) is 89.7 cm³/mol. The molecule has 2 unspecified atom stereocenters. The van der Waals surface area contributed by atoms with E-state index in [1.807, 2.05) is 6.20 Å². The summed E-state index contributed by atoms with van der Waals surface area (Å²) >= 11 is 6.50. The quantitative estimate of drug-likeness (QED) is 0.783. The largest absolute Gasteiger partial charge is 0.308 e. The summed E-state index contributed by atoms with van der Waals surface area (Å²) in [4.78, 5) is 0. The Balaban J connectivity index is 2.33. The van der Waals surface area contributed by atoms with Gasteiger partial charge >= 0.3 is 0 Å². The zero-order valence-corrected chi connectivity index (χ0v) is 14.7. The fourth-order valence-corrected chi connectivity index (χ4v) is 4.03. The average Bonchev–Trinajstić information content (AvgIpc) is 2.96. The molecule has 0 radical (unpaired) electrons. The molecular formula is C17H30ClN3. The van der Waals surface area contributed by atoms with Gasteiger partial charge in [-0.2, -0.15) is 5.10 Å². The Labute approximate surface area is 134 Å². The SMILES string of the molecule is CCCNC(c1c(Cl)cnn1CCC)C1CCCC1(C)C. The maximum Gasteiger partial charge on any atom is 0.0834 e. The van der Waals surface area contributed by atoms with Crippen LogP contribution >= 0.6 is 11.6 Å². The number of halogens is 1. The summed E-state index contributed by atoms with van der Waals surface area (Å²) < 4.78 is 2.12. The van der Waals surface area contributed by atoms with Crippen LogP contribution in [0.4, 0.5) is 0 Å². The maximum atomic E-state index is 6.50. The molecule has 2 rings (SSSR count). The lowest BCUT2D eigenvalue weighted by Crippen LogP contribution is -2.36. The normalized spacial score (nSPS) is 22.6. The summed E-state index contributed by atoms with van der Waals surface area (Å²) in [5.41, 5.74) is 1.57. The molecule has 1 aliphatic rings. The summed E-state index contributed by atoms with van der Waals surface area (Å²) in [6, 6.07) is 0.323. The lowest BCUT2D eigenvalue weighted by Gasteiger charge is -2.35. The van der Waals surface area contributed by atoms with E-state index < -0.39 is 0 Å². The fraction of sp³-hybridized carbons (Fsp3) is 0.824. The van der Waals surface area contributed by atoms with Crippen LogP contribution in [0.3, 0.4) is 0 Å². The molecule has 1 saturated carbocycles. The second kappa shape index (κ2) is 7.15. The highest BCUT2D eigenvalue weighted by Gasteiger charge is 2.41. The molecular weight excluding hydrogens is 282 g/mol. The van der Waals surface area contributed by atoms with Crippen molar-refractivity contribution in [1.82, 2.24) is 15.1 Å². The van der Waals surface area contributed by atoms with Gasteiger partial charge in [-0.3, -0.25) is 4.68 Å². The van der Waals surface area contributed by atoms with Gasteiger partial charge in [0.1, 0.15) is 0 Å². The van der Waals surface area contributed by atoms with E-state index in [1.165, 1.54) is 25.0 Å². The van der Waals surface area contributed by atoms with Crippen LogP contribution in [-0.4, -0.2) is 16.3 Å². The van der Waals surface area contributed by atoms with Crippen LogP contribution in [0.2, 0.25) is 5.02 Å². The molecule has 0 saturated heterocycles. The van der Waals surface area contributed by atoms with Crippen LogP contribution in [0, 0.1) is 11.3 Å². The molecule has 1 heterocycles. The van der Waals surface area contributed by atoms with Crippen molar-refractivity contribution in [2.45, 2.75) is 72.4 Å². The van der Waals surface area contributed by atoms with Crippen LogP contribution in [0.5, 0.6) is 0 Å². The maximum absolute atomic E-state index is 6.50. The van der Waals surface area contributed by atoms with E-state index in [-0.39, 0.29) is 0 Å². The number of nitrogens with one attached hydrogen (secondary N) is 1. The van der Waals surface area contributed by atoms with Gasteiger partial charge in [-0.1, -0.05) is 45.7 Å². The smallest absolute Gasteiger partial charge is 0.0834 e. The van der Waals surface area contributed by atoms with Crippen LogP contribution in [0.15, 0.2) is 6.20 Å². The Hall–Kier alpha value is -0.540. The van der Waals surface area contributed by atoms with Crippen molar-refractivity contribution in [1.29, 1.82) is 0 Å². The zero-order chi connectivity index (χ0) is 15.5. The van der Waals surface area contributed by atoms with Crippen molar-refractivity contribution in [3.63, 3.8) is 0 Å². The van der Waals surface area contributed by atoms with Gasteiger partial charge in [0, 0.05) is 6.54 Å². The first kappa shape index (κ1) is 16.8. The van der Waals surface area contributed by atoms with Crippen molar-refractivity contribution in [2.75, 3.05) is 6.54 Å². The molecule has 3 nitrogen and oxygen atoms in total. The number of nitrogens with zero attached hydrogens (tertiary/aromatic N) is 2. The van der Waals surface area contributed by atoms with Gasteiger partial charge in [0.15, 0.2) is 0 Å². The Morgan fingerprint density at radius 1 is 1.43 bits per heavy atom. The molecule has 0 spiro atoms. The first-order valence-corrected chi connectivity index (χ1v) is 8.83. The minimum Gasteiger partial charge on any atom is -0.308 e. The highest BCUT2D eigenvalue weighted by molar-refractivity contribution is 6.31. The van der Waals surface area contributed by atoms with Gasteiger partial charge in [-0.25, -0.2) is 0 Å². The Morgan fingerprint density at radius 3 is 2.76 bits per heavy atom. The Kier molecular flexibility index (Phi) is 5.73. The molecule has 0 aromatic carbocycles. The lowest BCUT2D eigenvalue weighted by molar-refractivity contribution is 0.191. The standard InChI is InChI=1S/C17H30ClN3/c1-5-10-19-15(13-8-7-9-17(13,3)4)16-14(18)12-20-21(16)11-6-2/h12-13,15,19H,5-11H2,1-4H3. The van der Waals surface area contributed by atoms with E-state index in [4.69, 9.17) is 11.6 Å². The van der Waals surface area contributed by atoms with E-state index in [9.17, 15) is 0 Å². The highest BCUT2D eigenvalue weighted by atomic mass is 35.5. The van der Waals surface area contributed by atoms with Gasteiger partial charge in [0.2, 0.25) is 0 Å². The summed E-state index contributed by atoms with van der Waals surface area (Å²) in [5, 5.41) is 9.08. The molecule has 0 aliphatic heterocycles. The molecule has 1 aliphatic carbocycles. The molecule has 0 amide bonds. The van der Waals surface area contributed by atoms with Crippen molar-refractivity contribution in [3.8, 4) is 0 Å². The first-order valence-electron chi connectivity index (χ1n) is 8.45. The van der Waals surface area contributed by atoms with Crippen molar-refractivity contribution >= 4 is 11.6 Å². The third kappa shape index (κ3) is 3.62. The van der Waals surface area contributed by atoms with E-state index in [2.05, 4.69) is 42.8 Å². The second-order valence-electron chi connectivity index (χ2n) is 7.02. The third-order valence-electron chi connectivity index (χ3n) is 4.92.